The molecule has 0 radical (unpaired) electrons. The molecule has 0 N–H and O–H groups in total. The molecular formula is C15H9N. The maximum absolute atomic E-state index is 8.88. The van der Waals surface area contributed by atoms with Crippen molar-refractivity contribution in [2.24, 2.45) is 0 Å². The molecule has 0 heterocycles. The summed E-state index contributed by atoms with van der Waals surface area (Å²) >= 11 is 0. The maximum Gasteiger partial charge on any atom is 0.0991 e. The van der Waals surface area contributed by atoms with E-state index >= 15 is 0 Å². The third-order valence-corrected chi connectivity index (χ3v) is 2.87. The number of rotatable bonds is 0. The zero-order chi connectivity index (χ0) is 11.0. The lowest BCUT2D eigenvalue weighted by atomic mass is 10.0. The molecule has 0 amide bonds. The van der Waals surface area contributed by atoms with E-state index in [2.05, 4.69) is 36.4 Å². The number of hydrogen-bond donors (Lipinski definition) is 0. The summed E-state index contributed by atoms with van der Waals surface area (Å²) in [5.74, 6) is 0. The lowest BCUT2D eigenvalue weighted by Gasteiger charge is -1.98. The summed E-state index contributed by atoms with van der Waals surface area (Å²) < 4.78 is 0. The molecule has 1 aromatic carbocycles. The SMILES string of the molecule is N#Cc1ccc2c3cccc-3cccc2c1. The fraction of sp³-hybridized carbons (Fsp3) is 0. The quantitative estimate of drug-likeness (QED) is 0.545. The Balaban J connectivity index is 2.46. The van der Waals surface area contributed by atoms with Gasteiger partial charge in [-0.3, -0.25) is 0 Å². The molecule has 0 saturated carbocycles. The summed E-state index contributed by atoms with van der Waals surface area (Å²) in [6.45, 7) is 0. The minimum Gasteiger partial charge on any atom is -0.192 e. The van der Waals surface area contributed by atoms with Crippen LogP contribution in [0, 0.1) is 11.3 Å². The second-order valence-corrected chi connectivity index (χ2v) is 3.83. The lowest BCUT2D eigenvalue weighted by Crippen LogP contribution is -1.75. The van der Waals surface area contributed by atoms with Crippen molar-refractivity contribution in [1.82, 2.24) is 0 Å². The largest absolute Gasteiger partial charge is 0.192 e. The number of nitriles is 1. The zero-order valence-electron chi connectivity index (χ0n) is 8.64. The highest BCUT2D eigenvalue weighted by Gasteiger charge is 2.04. The van der Waals surface area contributed by atoms with E-state index in [0.29, 0.717) is 5.56 Å². The molecule has 0 aliphatic heterocycles. The predicted octanol–water partition coefficient (Wildman–Crippen LogP) is 3.82. The summed E-state index contributed by atoms with van der Waals surface area (Å²) in [7, 11) is 0. The Morgan fingerprint density at radius 2 is 1.69 bits per heavy atom. The molecule has 0 aromatic heterocycles. The first-order valence-corrected chi connectivity index (χ1v) is 5.20. The number of fused-ring (bicyclic) bond motifs is 3. The van der Waals surface area contributed by atoms with Crippen LogP contribution >= 0.6 is 0 Å². The Bertz CT molecular complexity index is 677. The van der Waals surface area contributed by atoms with Gasteiger partial charge in [-0.15, -0.1) is 0 Å². The van der Waals surface area contributed by atoms with Crippen LogP contribution in [0.15, 0.2) is 54.6 Å². The Labute approximate surface area is 93.9 Å². The van der Waals surface area contributed by atoms with E-state index < -0.39 is 0 Å². The van der Waals surface area contributed by atoms with Crippen LogP contribution in [0.3, 0.4) is 0 Å². The molecule has 16 heavy (non-hydrogen) atoms. The summed E-state index contributed by atoms with van der Waals surface area (Å²) in [6.07, 6.45) is 0. The van der Waals surface area contributed by atoms with Crippen LogP contribution in [-0.2, 0) is 0 Å². The number of benzene rings is 1. The first-order valence-electron chi connectivity index (χ1n) is 5.20. The van der Waals surface area contributed by atoms with Gasteiger partial charge in [-0.2, -0.15) is 5.26 Å². The Hall–Kier alpha value is -2.33. The van der Waals surface area contributed by atoms with Gasteiger partial charge in [0.25, 0.3) is 0 Å². The van der Waals surface area contributed by atoms with Crippen LogP contribution in [0.25, 0.3) is 21.9 Å². The van der Waals surface area contributed by atoms with Gasteiger partial charge in [0.05, 0.1) is 11.6 Å². The van der Waals surface area contributed by atoms with Crippen LogP contribution in [0.4, 0.5) is 0 Å². The van der Waals surface area contributed by atoms with Gasteiger partial charge in [0.1, 0.15) is 0 Å². The average molecular weight is 203 g/mol. The van der Waals surface area contributed by atoms with E-state index in [-0.39, 0.29) is 0 Å². The monoisotopic (exact) mass is 203 g/mol. The van der Waals surface area contributed by atoms with Gasteiger partial charge in [0.2, 0.25) is 0 Å². The predicted molar refractivity (Wildman–Crippen MR) is 65.3 cm³/mol. The molecular weight excluding hydrogens is 194 g/mol. The van der Waals surface area contributed by atoms with Crippen molar-refractivity contribution in [1.29, 1.82) is 5.26 Å². The molecule has 0 fully saturated rings. The number of hydrogen-bond acceptors (Lipinski definition) is 1. The fourth-order valence-corrected chi connectivity index (χ4v) is 2.10. The summed E-state index contributed by atoms with van der Waals surface area (Å²) in [5, 5.41) is 11.2. The van der Waals surface area contributed by atoms with Gasteiger partial charge >= 0.3 is 0 Å². The molecule has 74 valence electrons. The van der Waals surface area contributed by atoms with Crippen molar-refractivity contribution in [2.45, 2.75) is 0 Å². The van der Waals surface area contributed by atoms with Crippen molar-refractivity contribution < 1.29 is 0 Å². The molecule has 1 heteroatoms. The molecule has 2 aliphatic carbocycles. The standard InChI is InChI=1S/C15H9N/c16-10-11-7-8-15-13(9-11)5-1-3-12-4-2-6-14(12)15/h1-9H. The van der Waals surface area contributed by atoms with Gasteiger partial charge in [0, 0.05) is 0 Å². The minimum atomic E-state index is 0.707. The molecule has 0 spiro atoms. The second kappa shape index (κ2) is 3.36. The van der Waals surface area contributed by atoms with E-state index in [4.69, 9.17) is 5.26 Å². The Morgan fingerprint density at radius 1 is 0.875 bits per heavy atom. The van der Waals surface area contributed by atoms with Crippen LogP contribution < -0.4 is 0 Å². The molecule has 0 bridgehead atoms. The molecule has 2 aliphatic rings. The first kappa shape index (κ1) is 8.94. The highest BCUT2D eigenvalue weighted by molar-refractivity contribution is 5.97. The van der Waals surface area contributed by atoms with Crippen LogP contribution in [-0.4, -0.2) is 0 Å². The van der Waals surface area contributed by atoms with Crippen LogP contribution in [0.2, 0.25) is 0 Å². The molecule has 0 unspecified atom stereocenters. The third-order valence-electron chi connectivity index (χ3n) is 2.87. The second-order valence-electron chi connectivity index (χ2n) is 3.83. The molecule has 0 atom stereocenters. The smallest absolute Gasteiger partial charge is 0.0991 e. The molecule has 1 aromatic rings. The van der Waals surface area contributed by atoms with E-state index in [0.717, 1.165) is 5.39 Å². The van der Waals surface area contributed by atoms with Crippen molar-refractivity contribution in [3.8, 4) is 17.2 Å². The normalized spacial score (nSPS) is 10.4. The minimum absolute atomic E-state index is 0.707. The number of nitrogens with zero attached hydrogens (tertiary/aromatic N) is 1. The van der Waals surface area contributed by atoms with Gasteiger partial charge in [-0.05, 0) is 34.0 Å². The fourth-order valence-electron chi connectivity index (χ4n) is 2.10. The third kappa shape index (κ3) is 1.24. The van der Waals surface area contributed by atoms with E-state index in [1.165, 1.54) is 16.5 Å². The topological polar surface area (TPSA) is 23.8 Å². The van der Waals surface area contributed by atoms with Crippen LogP contribution in [0.1, 0.15) is 5.56 Å². The van der Waals surface area contributed by atoms with E-state index in [1.807, 2.05) is 24.3 Å². The Kier molecular flexibility index (Phi) is 1.88. The summed E-state index contributed by atoms with van der Waals surface area (Å²) in [5.41, 5.74) is 3.18. The first-order chi connectivity index (χ1) is 7.88. The van der Waals surface area contributed by atoms with Gasteiger partial charge in [0.15, 0.2) is 0 Å². The maximum atomic E-state index is 8.88. The molecule has 0 saturated heterocycles. The van der Waals surface area contributed by atoms with Crippen molar-refractivity contribution in [3.63, 3.8) is 0 Å². The van der Waals surface area contributed by atoms with Crippen molar-refractivity contribution >= 4 is 10.8 Å². The van der Waals surface area contributed by atoms with E-state index in [9.17, 15) is 0 Å². The van der Waals surface area contributed by atoms with Gasteiger partial charge < -0.3 is 0 Å². The highest BCUT2D eigenvalue weighted by atomic mass is 14.2. The molecule has 1 nitrogen and oxygen atoms in total. The van der Waals surface area contributed by atoms with Crippen LogP contribution in [0.5, 0.6) is 0 Å². The highest BCUT2D eigenvalue weighted by Crippen LogP contribution is 2.30. The van der Waals surface area contributed by atoms with Crippen molar-refractivity contribution in [3.05, 3.63) is 60.2 Å². The summed E-state index contributed by atoms with van der Waals surface area (Å²) in [6, 6.07) is 20.5. The zero-order valence-corrected chi connectivity index (χ0v) is 8.64. The summed E-state index contributed by atoms with van der Waals surface area (Å²) in [4.78, 5) is 0. The van der Waals surface area contributed by atoms with Crippen molar-refractivity contribution in [2.75, 3.05) is 0 Å². The lowest BCUT2D eigenvalue weighted by molar-refractivity contribution is 1.50. The average Bonchev–Trinajstić information content (AvgIpc) is 2.71. The van der Waals surface area contributed by atoms with Gasteiger partial charge in [-0.1, -0.05) is 42.5 Å². The Morgan fingerprint density at radius 3 is 2.50 bits per heavy atom. The molecule has 3 rings (SSSR count). The van der Waals surface area contributed by atoms with E-state index in [1.54, 1.807) is 0 Å². The van der Waals surface area contributed by atoms with Gasteiger partial charge in [-0.25, -0.2) is 0 Å².